The minimum absolute atomic E-state index is 0. The number of benzene rings is 3. The molecule has 3 rings (SSSR count). The molecule has 3 aromatic carbocycles. The zero-order chi connectivity index (χ0) is 35.0. The number of rotatable bonds is 4. The molecule has 254 valence electrons. The molecule has 14 nitrogen and oxygen atoms in total. The molecule has 0 saturated carbocycles. The minimum atomic E-state index is -0.936. The first-order valence-corrected chi connectivity index (χ1v) is 12.9. The highest BCUT2D eigenvalue weighted by molar-refractivity contribution is 6.67. The first-order valence-electron chi connectivity index (χ1n) is 12.2. The fraction of sp³-hybridized carbons (Fsp3) is 0.172. The second kappa shape index (κ2) is 33.3. The van der Waals surface area contributed by atoms with Gasteiger partial charge in [-0.25, -0.2) is 21.0 Å². The van der Waals surface area contributed by atoms with Crippen LogP contribution in [0.5, 0.6) is 0 Å². The van der Waals surface area contributed by atoms with E-state index in [0.29, 0.717) is 11.1 Å². The molecule has 0 aliphatic heterocycles. The van der Waals surface area contributed by atoms with Gasteiger partial charge in [0.1, 0.15) is 6.61 Å². The van der Waals surface area contributed by atoms with Gasteiger partial charge >= 0.3 is 12.1 Å². The Bertz CT molecular complexity index is 1250. The molecule has 3 aromatic rings. The molecule has 0 aliphatic carbocycles. The standard InChI is InChI=1S/C10H11NO4.C8H8O2.C7H5ClO.C2H3ClO.C2H5NO2.ClH.H3NO/c1-8(12)11-15-10(13)14-7-9-5-3-2-4-6-9;1-10-8(9)7-5-3-2-4-6-7;8-7(9)6-4-2-1-3-5-6;1-2(3)4;1-2(4)3-5;;1-2/h2-6H,7H2,1H3,(H,11,12);2-6H,1H3;1-5H;1H3;5H,1H3,(H,3,4);1H;2H,1H2. The van der Waals surface area contributed by atoms with Gasteiger partial charge < -0.3 is 19.5 Å². The van der Waals surface area contributed by atoms with Crippen molar-refractivity contribution < 1.29 is 53.5 Å². The van der Waals surface area contributed by atoms with Gasteiger partial charge in [0.25, 0.3) is 5.24 Å². The Hall–Kier alpha value is -4.57. The molecule has 6 N–H and O–H groups in total. The van der Waals surface area contributed by atoms with Crippen LogP contribution in [0, 0.1) is 0 Å². The second-order valence-corrected chi connectivity index (χ2v) is 8.30. The van der Waals surface area contributed by atoms with E-state index >= 15 is 0 Å². The van der Waals surface area contributed by atoms with Crippen LogP contribution in [0.3, 0.4) is 0 Å². The minimum Gasteiger partial charge on any atom is -0.465 e. The van der Waals surface area contributed by atoms with E-state index in [1.165, 1.54) is 33.4 Å². The normalized spacial score (nSPS) is 8.11. The third-order valence-corrected chi connectivity index (χ3v) is 4.05. The lowest BCUT2D eigenvalue weighted by Gasteiger charge is -2.04. The van der Waals surface area contributed by atoms with E-state index in [9.17, 15) is 28.8 Å². The summed E-state index contributed by atoms with van der Waals surface area (Å²) in [5, 5.41) is 13.3. The van der Waals surface area contributed by atoms with Crippen molar-refractivity contribution in [2.45, 2.75) is 27.4 Å². The van der Waals surface area contributed by atoms with Crippen molar-refractivity contribution in [1.82, 2.24) is 11.0 Å². The zero-order valence-electron chi connectivity index (χ0n) is 25.2. The fourth-order valence-corrected chi connectivity index (χ4v) is 2.25. The molecule has 0 saturated heterocycles. The third-order valence-electron chi connectivity index (χ3n) is 3.83. The summed E-state index contributed by atoms with van der Waals surface area (Å²) in [7, 11) is 1.37. The van der Waals surface area contributed by atoms with Gasteiger partial charge in [-0.2, -0.15) is 5.48 Å². The summed E-state index contributed by atoms with van der Waals surface area (Å²) >= 11 is 9.80. The number of esters is 1. The van der Waals surface area contributed by atoms with E-state index in [1.807, 2.05) is 47.9 Å². The molecule has 0 aromatic heterocycles. The SMILES string of the molecule is CC(=O)Cl.CC(=O)NO.CC(=O)NOC(=O)OCc1ccccc1.COC(=O)c1ccccc1.Cl.NO.O=C(Cl)c1ccccc1. The Kier molecular flexibility index (Phi) is 35.0. The van der Waals surface area contributed by atoms with Crippen LogP contribution in [0.4, 0.5) is 4.79 Å². The van der Waals surface area contributed by atoms with E-state index in [4.69, 9.17) is 26.8 Å². The van der Waals surface area contributed by atoms with Crippen LogP contribution < -0.4 is 16.9 Å². The number of methoxy groups -OCH3 is 1. The first kappa shape index (κ1) is 48.3. The molecule has 0 unspecified atom stereocenters. The third kappa shape index (κ3) is 33.9. The molecule has 17 heteroatoms. The van der Waals surface area contributed by atoms with Gasteiger partial charge in [0.15, 0.2) is 0 Å². The van der Waals surface area contributed by atoms with E-state index in [-0.39, 0.29) is 30.2 Å². The van der Waals surface area contributed by atoms with Crippen molar-refractivity contribution >= 4 is 70.0 Å². The lowest BCUT2D eigenvalue weighted by atomic mass is 10.2. The van der Waals surface area contributed by atoms with Crippen molar-refractivity contribution in [2.75, 3.05) is 7.11 Å². The number of carbonyl (C=O) groups excluding carboxylic acids is 6. The lowest BCUT2D eigenvalue weighted by molar-refractivity contribution is -0.129. The van der Waals surface area contributed by atoms with Crippen LogP contribution in [0.15, 0.2) is 91.0 Å². The van der Waals surface area contributed by atoms with Crippen LogP contribution in [0.25, 0.3) is 0 Å². The fourth-order valence-electron chi connectivity index (χ4n) is 2.12. The molecule has 0 fully saturated rings. The Morgan fingerprint density at radius 3 is 1.39 bits per heavy atom. The van der Waals surface area contributed by atoms with E-state index in [0.717, 1.165) is 5.56 Å². The summed E-state index contributed by atoms with van der Waals surface area (Å²) in [5.41, 5.74) is 5.23. The summed E-state index contributed by atoms with van der Waals surface area (Å²) < 4.78 is 9.20. The van der Waals surface area contributed by atoms with Crippen molar-refractivity contribution in [2.24, 2.45) is 5.90 Å². The number of nitrogens with two attached hydrogens (primary N) is 1. The topological polar surface area (TPSA) is 221 Å². The number of halogens is 3. The van der Waals surface area contributed by atoms with Crippen LogP contribution in [-0.4, -0.2) is 51.9 Å². The second-order valence-electron chi connectivity index (χ2n) is 7.42. The van der Waals surface area contributed by atoms with Crippen LogP contribution in [0.1, 0.15) is 47.1 Å². The number of ether oxygens (including phenoxy) is 2. The average molecular weight is 709 g/mol. The van der Waals surface area contributed by atoms with Crippen molar-refractivity contribution in [3.8, 4) is 0 Å². The Morgan fingerprint density at radius 2 is 1.09 bits per heavy atom. The predicted molar refractivity (Wildman–Crippen MR) is 171 cm³/mol. The van der Waals surface area contributed by atoms with Crippen molar-refractivity contribution in [3.63, 3.8) is 0 Å². The molecular weight excluding hydrogens is 673 g/mol. The summed E-state index contributed by atoms with van der Waals surface area (Å²) in [6.07, 6.45) is -0.936. The van der Waals surface area contributed by atoms with Gasteiger partial charge in [-0.3, -0.25) is 24.4 Å². The summed E-state index contributed by atoms with van der Waals surface area (Å²) in [5.74, 6) is 2.30. The largest absolute Gasteiger partial charge is 0.533 e. The molecule has 0 heterocycles. The van der Waals surface area contributed by atoms with Gasteiger partial charge in [-0.15, -0.1) is 12.4 Å². The van der Waals surface area contributed by atoms with E-state index in [2.05, 4.69) is 27.1 Å². The molecule has 2 amide bonds. The van der Waals surface area contributed by atoms with Crippen molar-refractivity contribution in [1.29, 1.82) is 0 Å². The highest BCUT2D eigenvalue weighted by atomic mass is 35.5. The Balaban J connectivity index is -0.000000251. The quantitative estimate of drug-likeness (QED) is 0.105. The van der Waals surface area contributed by atoms with Gasteiger partial charge in [0.05, 0.1) is 12.7 Å². The summed E-state index contributed by atoms with van der Waals surface area (Å²) in [4.78, 5) is 65.4. The number of hydrogen-bond donors (Lipinski definition) is 5. The predicted octanol–water partition coefficient (Wildman–Crippen LogP) is 4.97. The Morgan fingerprint density at radius 1 is 0.717 bits per heavy atom. The van der Waals surface area contributed by atoms with Crippen LogP contribution in [-0.2, 0) is 35.3 Å². The first-order chi connectivity index (χ1) is 21.3. The van der Waals surface area contributed by atoms with Crippen molar-refractivity contribution in [3.05, 3.63) is 108 Å². The molecule has 0 atom stereocenters. The molecular formula is C29H36Cl3N3O11. The summed E-state index contributed by atoms with van der Waals surface area (Å²) in [6, 6.07) is 26.8. The molecule has 0 aliphatic rings. The Labute approximate surface area is 282 Å². The highest BCUT2D eigenvalue weighted by Gasteiger charge is 2.05. The smallest absolute Gasteiger partial charge is 0.465 e. The number of carbonyl (C=O) groups is 6. The maximum atomic E-state index is 10.9. The molecule has 0 spiro atoms. The van der Waals surface area contributed by atoms with E-state index in [1.54, 1.807) is 48.5 Å². The zero-order valence-corrected chi connectivity index (χ0v) is 27.5. The lowest BCUT2D eigenvalue weighted by Crippen LogP contribution is -2.24. The van der Waals surface area contributed by atoms with Crippen LogP contribution in [0.2, 0.25) is 0 Å². The van der Waals surface area contributed by atoms with Gasteiger partial charge in [0.2, 0.25) is 17.1 Å². The monoisotopic (exact) mass is 707 g/mol. The number of hydrogen-bond acceptors (Lipinski definition) is 12. The number of hydroxylamine groups is 2. The highest BCUT2D eigenvalue weighted by Crippen LogP contribution is 2.02. The van der Waals surface area contributed by atoms with Crippen LogP contribution >= 0.6 is 35.6 Å². The van der Waals surface area contributed by atoms with E-state index < -0.39 is 23.2 Å². The van der Waals surface area contributed by atoms with Gasteiger partial charge in [-0.1, -0.05) is 78.9 Å². The molecule has 0 radical (unpaired) electrons. The maximum Gasteiger partial charge on any atom is 0.533 e. The molecule has 46 heavy (non-hydrogen) atoms. The van der Waals surface area contributed by atoms with Gasteiger partial charge in [-0.05, 0) is 40.9 Å². The summed E-state index contributed by atoms with van der Waals surface area (Å²) in [6.45, 7) is 3.85. The molecule has 0 bridgehead atoms. The van der Waals surface area contributed by atoms with Gasteiger partial charge in [0, 0.05) is 26.3 Å². The number of amides is 2. The maximum absolute atomic E-state index is 10.9. The average Bonchev–Trinajstić information content (AvgIpc) is 3.05. The number of nitrogens with one attached hydrogen (secondary N) is 2.